The van der Waals surface area contributed by atoms with E-state index in [1.807, 2.05) is 26.0 Å². The molecule has 29 heavy (non-hydrogen) atoms. The molecule has 1 saturated carbocycles. The number of anilines is 1. The minimum Gasteiger partial charge on any atom is -0.375 e. The maximum Gasteiger partial charge on any atom is 0.293 e. The van der Waals surface area contributed by atoms with Gasteiger partial charge in [0.05, 0.1) is 4.92 Å². The third-order valence-corrected chi connectivity index (χ3v) is 4.49. The standard InChI is InChI=1S/C21H24N4O4/c1-13(2)23-21(27)16-7-10-18(19(11-16)25(28)29)22-12-14-3-5-15(6-4-14)20(26)24-17-8-9-17/h3-7,10-11,13,17,22H,8-9,12H2,1-2H3,(H,23,27)(H,24,26). The highest BCUT2D eigenvalue weighted by molar-refractivity contribution is 5.96. The van der Waals surface area contributed by atoms with Gasteiger partial charge in [-0.25, -0.2) is 0 Å². The Hall–Kier alpha value is -3.42. The van der Waals surface area contributed by atoms with Crippen LogP contribution in [0.15, 0.2) is 42.5 Å². The van der Waals surface area contributed by atoms with E-state index >= 15 is 0 Å². The number of benzene rings is 2. The van der Waals surface area contributed by atoms with E-state index in [4.69, 9.17) is 0 Å². The van der Waals surface area contributed by atoms with Gasteiger partial charge in [0.1, 0.15) is 5.69 Å². The molecule has 0 atom stereocenters. The highest BCUT2D eigenvalue weighted by atomic mass is 16.6. The number of carbonyl (C=O) groups is 2. The van der Waals surface area contributed by atoms with Crippen molar-refractivity contribution < 1.29 is 14.5 Å². The van der Waals surface area contributed by atoms with E-state index in [9.17, 15) is 19.7 Å². The van der Waals surface area contributed by atoms with Crippen molar-refractivity contribution in [3.8, 4) is 0 Å². The number of carbonyl (C=O) groups excluding carboxylic acids is 2. The van der Waals surface area contributed by atoms with Crippen molar-refractivity contribution in [2.45, 2.75) is 45.3 Å². The van der Waals surface area contributed by atoms with Gasteiger partial charge in [-0.1, -0.05) is 12.1 Å². The maximum absolute atomic E-state index is 12.1. The topological polar surface area (TPSA) is 113 Å². The first-order chi connectivity index (χ1) is 13.8. The number of rotatable bonds is 8. The molecule has 2 amide bonds. The largest absolute Gasteiger partial charge is 0.375 e. The fourth-order valence-corrected chi connectivity index (χ4v) is 2.79. The fourth-order valence-electron chi connectivity index (χ4n) is 2.79. The summed E-state index contributed by atoms with van der Waals surface area (Å²) in [6, 6.07) is 11.7. The highest BCUT2D eigenvalue weighted by Gasteiger charge is 2.23. The number of nitro benzene ring substituents is 1. The van der Waals surface area contributed by atoms with Gasteiger partial charge in [-0.15, -0.1) is 0 Å². The summed E-state index contributed by atoms with van der Waals surface area (Å²) in [5, 5.41) is 20.1. The Balaban J connectivity index is 1.66. The van der Waals surface area contributed by atoms with Crippen molar-refractivity contribution >= 4 is 23.2 Å². The van der Waals surface area contributed by atoms with E-state index in [0.29, 0.717) is 23.8 Å². The quantitative estimate of drug-likeness (QED) is 0.468. The Bertz CT molecular complexity index is 921. The van der Waals surface area contributed by atoms with Crippen LogP contribution < -0.4 is 16.0 Å². The van der Waals surface area contributed by atoms with Crippen LogP contribution >= 0.6 is 0 Å². The Kier molecular flexibility index (Phi) is 6.11. The highest BCUT2D eigenvalue weighted by Crippen LogP contribution is 2.26. The second kappa shape index (κ2) is 8.72. The second-order valence-corrected chi connectivity index (χ2v) is 7.42. The molecule has 0 aromatic heterocycles. The summed E-state index contributed by atoms with van der Waals surface area (Å²) in [6.07, 6.45) is 2.06. The van der Waals surface area contributed by atoms with Crippen LogP contribution in [0.5, 0.6) is 0 Å². The van der Waals surface area contributed by atoms with Gasteiger partial charge in [0, 0.05) is 35.8 Å². The van der Waals surface area contributed by atoms with Gasteiger partial charge in [-0.2, -0.15) is 0 Å². The van der Waals surface area contributed by atoms with Gasteiger partial charge in [0.15, 0.2) is 0 Å². The predicted octanol–water partition coefficient (Wildman–Crippen LogP) is 3.24. The number of nitrogens with zero attached hydrogens (tertiary/aromatic N) is 1. The van der Waals surface area contributed by atoms with E-state index in [1.54, 1.807) is 18.2 Å². The molecule has 0 radical (unpaired) electrons. The van der Waals surface area contributed by atoms with Crippen molar-refractivity contribution in [1.29, 1.82) is 0 Å². The molecule has 152 valence electrons. The molecule has 8 nitrogen and oxygen atoms in total. The van der Waals surface area contributed by atoms with Crippen LogP contribution in [0.25, 0.3) is 0 Å². The number of hydrogen-bond donors (Lipinski definition) is 3. The van der Waals surface area contributed by atoms with Gasteiger partial charge >= 0.3 is 0 Å². The maximum atomic E-state index is 12.1. The molecule has 2 aromatic rings. The lowest BCUT2D eigenvalue weighted by atomic mass is 10.1. The summed E-state index contributed by atoms with van der Waals surface area (Å²) in [4.78, 5) is 35.0. The number of hydrogen-bond acceptors (Lipinski definition) is 5. The number of nitro groups is 1. The van der Waals surface area contributed by atoms with Crippen molar-refractivity contribution in [1.82, 2.24) is 10.6 Å². The first-order valence-electron chi connectivity index (χ1n) is 9.56. The minimum atomic E-state index is -0.514. The lowest BCUT2D eigenvalue weighted by Gasteiger charge is -2.11. The number of nitrogens with one attached hydrogen (secondary N) is 3. The van der Waals surface area contributed by atoms with Crippen molar-refractivity contribution in [2.24, 2.45) is 0 Å². The minimum absolute atomic E-state index is 0.0614. The molecule has 0 unspecified atom stereocenters. The molecule has 1 aliphatic carbocycles. The second-order valence-electron chi connectivity index (χ2n) is 7.42. The predicted molar refractivity (Wildman–Crippen MR) is 110 cm³/mol. The summed E-state index contributed by atoms with van der Waals surface area (Å²) in [6.45, 7) is 4.00. The molecule has 1 aliphatic rings. The van der Waals surface area contributed by atoms with Crippen molar-refractivity contribution in [2.75, 3.05) is 5.32 Å². The zero-order chi connectivity index (χ0) is 21.0. The molecule has 1 fully saturated rings. The number of amides is 2. The Labute approximate surface area is 168 Å². The average molecular weight is 396 g/mol. The first-order valence-corrected chi connectivity index (χ1v) is 9.56. The molecule has 0 saturated heterocycles. The molecule has 0 bridgehead atoms. The molecule has 3 rings (SSSR count). The fraction of sp³-hybridized carbons (Fsp3) is 0.333. The Morgan fingerprint density at radius 2 is 1.72 bits per heavy atom. The zero-order valence-corrected chi connectivity index (χ0v) is 16.4. The van der Waals surface area contributed by atoms with Crippen LogP contribution in [-0.2, 0) is 6.54 Å². The lowest BCUT2D eigenvalue weighted by Crippen LogP contribution is -2.30. The van der Waals surface area contributed by atoms with Crippen LogP contribution in [-0.4, -0.2) is 28.8 Å². The third-order valence-electron chi connectivity index (χ3n) is 4.49. The SMILES string of the molecule is CC(C)NC(=O)c1ccc(NCc2ccc(C(=O)NC3CC3)cc2)c([N+](=O)[O-])c1. The zero-order valence-electron chi connectivity index (χ0n) is 16.4. The van der Waals surface area contributed by atoms with Gasteiger partial charge in [0.25, 0.3) is 17.5 Å². The summed E-state index contributed by atoms with van der Waals surface area (Å²) < 4.78 is 0. The van der Waals surface area contributed by atoms with Crippen LogP contribution in [0.1, 0.15) is 53.0 Å². The van der Waals surface area contributed by atoms with Crippen molar-refractivity contribution in [3.05, 3.63) is 69.3 Å². The molecule has 0 spiro atoms. The average Bonchev–Trinajstić information content (AvgIpc) is 3.50. The summed E-state index contributed by atoms with van der Waals surface area (Å²) >= 11 is 0. The van der Waals surface area contributed by atoms with Gasteiger partial charge < -0.3 is 16.0 Å². The molecular formula is C21H24N4O4. The molecular weight excluding hydrogens is 372 g/mol. The molecule has 3 N–H and O–H groups in total. The van der Waals surface area contributed by atoms with E-state index in [1.165, 1.54) is 12.1 Å². The van der Waals surface area contributed by atoms with E-state index in [0.717, 1.165) is 18.4 Å². The van der Waals surface area contributed by atoms with Crippen molar-refractivity contribution in [3.63, 3.8) is 0 Å². The molecule has 2 aromatic carbocycles. The smallest absolute Gasteiger partial charge is 0.293 e. The van der Waals surface area contributed by atoms with Crippen LogP contribution in [0.3, 0.4) is 0 Å². The van der Waals surface area contributed by atoms with Gasteiger partial charge in [-0.05, 0) is 56.5 Å². The molecule has 0 heterocycles. The normalized spacial score (nSPS) is 13.1. The summed E-state index contributed by atoms with van der Waals surface area (Å²) in [5.41, 5.74) is 1.87. The third kappa shape index (κ3) is 5.54. The Morgan fingerprint density at radius 1 is 1.07 bits per heavy atom. The van der Waals surface area contributed by atoms with Gasteiger partial charge in [0.2, 0.25) is 0 Å². The van der Waals surface area contributed by atoms with Crippen LogP contribution in [0.2, 0.25) is 0 Å². The monoisotopic (exact) mass is 396 g/mol. The summed E-state index contributed by atoms with van der Waals surface area (Å²) in [7, 11) is 0. The summed E-state index contributed by atoms with van der Waals surface area (Å²) in [5.74, 6) is -0.437. The molecule has 8 heteroatoms. The van der Waals surface area contributed by atoms with E-state index < -0.39 is 4.92 Å². The van der Waals surface area contributed by atoms with E-state index in [2.05, 4.69) is 16.0 Å². The van der Waals surface area contributed by atoms with Crippen LogP contribution in [0.4, 0.5) is 11.4 Å². The van der Waals surface area contributed by atoms with Gasteiger partial charge in [-0.3, -0.25) is 19.7 Å². The molecule has 0 aliphatic heterocycles. The Morgan fingerprint density at radius 3 is 2.31 bits per heavy atom. The van der Waals surface area contributed by atoms with Crippen LogP contribution in [0, 0.1) is 10.1 Å². The lowest BCUT2D eigenvalue weighted by molar-refractivity contribution is -0.384. The first kappa shape index (κ1) is 20.3. The van der Waals surface area contributed by atoms with E-state index in [-0.39, 0.29) is 29.1 Å².